The van der Waals surface area contributed by atoms with Crippen LogP contribution < -0.4 is 5.32 Å². The lowest BCUT2D eigenvalue weighted by Crippen LogP contribution is -2.00. The van der Waals surface area contributed by atoms with Crippen molar-refractivity contribution in [1.29, 1.82) is 0 Å². The van der Waals surface area contributed by atoms with Crippen molar-refractivity contribution in [1.82, 2.24) is 0 Å². The normalized spacial score (nSPS) is 10.2. The smallest absolute Gasteiger partial charge is 0.371 e. The van der Waals surface area contributed by atoms with Gasteiger partial charge in [0.1, 0.15) is 5.76 Å². The second-order valence-corrected chi connectivity index (χ2v) is 3.85. The Hall–Kier alpha value is -2.90. The van der Waals surface area contributed by atoms with Crippen LogP contribution in [0.5, 0.6) is 0 Å². The van der Waals surface area contributed by atoms with E-state index in [0.29, 0.717) is 11.4 Å². The van der Waals surface area contributed by atoms with Gasteiger partial charge in [0.25, 0.3) is 0 Å². The van der Waals surface area contributed by atoms with Gasteiger partial charge in [0.15, 0.2) is 0 Å². The molecule has 0 unspecified atom stereocenters. The number of aromatic carboxylic acids is 1. The molecule has 7 nitrogen and oxygen atoms in total. The van der Waals surface area contributed by atoms with E-state index in [4.69, 9.17) is 9.52 Å². The van der Waals surface area contributed by atoms with E-state index in [1.165, 1.54) is 18.2 Å². The third-order valence-electron chi connectivity index (χ3n) is 2.48. The monoisotopic (exact) mass is 280 g/mol. The zero-order valence-electron chi connectivity index (χ0n) is 10.00. The number of benzene rings is 1. The van der Waals surface area contributed by atoms with E-state index in [1.54, 1.807) is 0 Å². The predicted octanol–water partition coefficient (Wildman–Crippen LogP) is 2.64. The maximum Gasteiger partial charge on any atom is 0.371 e. The highest BCUT2D eigenvalue weighted by Crippen LogP contribution is 2.22. The zero-order valence-corrected chi connectivity index (χ0v) is 10.00. The lowest BCUT2D eigenvalue weighted by Gasteiger charge is -2.04. The van der Waals surface area contributed by atoms with Crippen LogP contribution in [0.1, 0.15) is 16.3 Å². The molecule has 104 valence electrons. The zero-order chi connectivity index (χ0) is 14.7. The quantitative estimate of drug-likeness (QED) is 0.644. The molecule has 8 heteroatoms. The highest BCUT2D eigenvalue weighted by Gasteiger charge is 2.14. The molecule has 0 saturated heterocycles. The Balaban J connectivity index is 2.08. The van der Waals surface area contributed by atoms with Gasteiger partial charge in [-0.3, -0.25) is 10.1 Å². The van der Waals surface area contributed by atoms with Crippen LogP contribution in [0.4, 0.5) is 15.8 Å². The SMILES string of the molecule is O=C(O)c1ccc(CNc2ccc(F)c([N+](=O)[O-])c2)o1. The number of carbonyl (C=O) groups is 1. The summed E-state index contributed by atoms with van der Waals surface area (Å²) in [5.41, 5.74) is -0.313. The highest BCUT2D eigenvalue weighted by atomic mass is 19.1. The van der Waals surface area contributed by atoms with Crippen molar-refractivity contribution in [3.63, 3.8) is 0 Å². The first kappa shape index (κ1) is 13.5. The van der Waals surface area contributed by atoms with Crippen LogP contribution in [0.2, 0.25) is 0 Å². The van der Waals surface area contributed by atoms with Crippen molar-refractivity contribution in [2.75, 3.05) is 5.32 Å². The molecule has 0 atom stereocenters. The number of hydrogen-bond donors (Lipinski definition) is 2. The molecule has 0 radical (unpaired) electrons. The van der Waals surface area contributed by atoms with Gasteiger partial charge in [0, 0.05) is 11.8 Å². The van der Waals surface area contributed by atoms with Crippen molar-refractivity contribution in [2.24, 2.45) is 0 Å². The topological polar surface area (TPSA) is 106 Å². The van der Waals surface area contributed by atoms with Gasteiger partial charge >= 0.3 is 11.7 Å². The lowest BCUT2D eigenvalue weighted by molar-refractivity contribution is -0.387. The summed E-state index contributed by atoms with van der Waals surface area (Å²) in [6.45, 7) is 0.121. The van der Waals surface area contributed by atoms with Gasteiger partial charge in [-0.1, -0.05) is 0 Å². The minimum absolute atomic E-state index is 0.121. The number of anilines is 1. The van der Waals surface area contributed by atoms with Gasteiger partial charge in [0.2, 0.25) is 11.6 Å². The van der Waals surface area contributed by atoms with Crippen molar-refractivity contribution in [3.8, 4) is 0 Å². The summed E-state index contributed by atoms with van der Waals surface area (Å²) in [4.78, 5) is 20.4. The van der Waals surface area contributed by atoms with Crippen LogP contribution in [0, 0.1) is 15.9 Å². The number of carboxylic acids is 1. The summed E-state index contributed by atoms with van der Waals surface area (Å²) in [5.74, 6) is -1.97. The van der Waals surface area contributed by atoms with E-state index < -0.39 is 22.4 Å². The van der Waals surface area contributed by atoms with Crippen LogP contribution >= 0.6 is 0 Å². The van der Waals surface area contributed by atoms with Crippen LogP contribution in [-0.2, 0) is 6.54 Å². The van der Waals surface area contributed by atoms with E-state index >= 15 is 0 Å². The Kier molecular flexibility index (Phi) is 3.65. The van der Waals surface area contributed by atoms with Gasteiger partial charge in [-0.15, -0.1) is 0 Å². The van der Waals surface area contributed by atoms with Gasteiger partial charge in [-0.25, -0.2) is 4.79 Å². The van der Waals surface area contributed by atoms with Crippen LogP contribution in [-0.4, -0.2) is 16.0 Å². The van der Waals surface area contributed by atoms with E-state index in [2.05, 4.69) is 5.32 Å². The predicted molar refractivity (Wildman–Crippen MR) is 66.0 cm³/mol. The molecular formula is C12H9FN2O5. The summed E-state index contributed by atoms with van der Waals surface area (Å²) in [7, 11) is 0. The molecule has 0 fully saturated rings. The standard InChI is InChI=1S/C12H9FN2O5/c13-9-3-1-7(5-10(9)15(18)19)14-6-8-2-4-11(20-8)12(16)17/h1-5,14H,6H2,(H,16,17). The van der Waals surface area contributed by atoms with E-state index in [9.17, 15) is 19.3 Å². The molecule has 0 aliphatic carbocycles. The number of carboxylic acid groups (broad SMARTS) is 1. The summed E-state index contributed by atoms with van der Waals surface area (Å²) >= 11 is 0. The maximum atomic E-state index is 13.1. The molecule has 0 saturated carbocycles. The number of nitrogens with one attached hydrogen (secondary N) is 1. The molecular weight excluding hydrogens is 271 g/mol. The Bertz CT molecular complexity index is 668. The molecule has 2 rings (SSSR count). The second-order valence-electron chi connectivity index (χ2n) is 3.85. The third kappa shape index (κ3) is 2.91. The van der Waals surface area contributed by atoms with Crippen LogP contribution in [0.15, 0.2) is 34.7 Å². The summed E-state index contributed by atoms with van der Waals surface area (Å²) in [6.07, 6.45) is 0. The van der Waals surface area contributed by atoms with Crippen molar-refractivity contribution < 1.29 is 23.6 Å². The number of nitro benzene ring substituents is 1. The van der Waals surface area contributed by atoms with Crippen molar-refractivity contribution >= 4 is 17.3 Å². The van der Waals surface area contributed by atoms with Crippen LogP contribution in [0.25, 0.3) is 0 Å². The van der Waals surface area contributed by atoms with E-state index in [0.717, 1.165) is 12.1 Å². The summed E-state index contributed by atoms with van der Waals surface area (Å²) in [6, 6.07) is 6.13. The summed E-state index contributed by atoms with van der Waals surface area (Å²) < 4.78 is 18.1. The number of hydrogen-bond acceptors (Lipinski definition) is 5. The number of rotatable bonds is 5. The van der Waals surface area contributed by atoms with Gasteiger partial charge in [-0.05, 0) is 24.3 Å². The number of nitrogens with zero attached hydrogens (tertiary/aromatic N) is 1. The Morgan fingerprint density at radius 2 is 2.15 bits per heavy atom. The first-order valence-electron chi connectivity index (χ1n) is 5.47. The molecule has 0 spiro atoms. The molecule has 2 aromatic rings. The number of furan rings is 1. The Labute approximate surface area is 111 Å². The highest BCUT2D eigenvalue weighted by molar-refractivity contribution is 5.84. The van der Waals surface area contributed by atoms with Gasteiger partial charge in [0.05, 0.1) is 11.5 Å². The van der Waals surface area contributed by atoms with Crippen molar-refractivity contribution in [2.45, 2.75) is 6.54 Å². The maximum absolute atomic E-state index is 13.1. The Morgan fingerprint density at radius 3 is 2.75 bits per heavy atom. The lowest BCUT2D eigenvalue weighted by atomic mass is 10.2. The molecule has 0 aliphatic heterocycles. The first-order chi connectivity index (χ1) is 9.47. The molecule has 20 heavy (non-hydrogen) atoms. The molecule has 2 N–H and O–H groups in total. The van der Waals surface area contributed by atoms with E-state index in [-0.39, 0.29) is 12.3 Å². The average molecular weight is 280 g/mol. The molecule has 1 aromatic carbocycles. The summed E-state index contributed by atoms with van der Waals surface area (Å²) in [5, 5.41) is 22.0. The second kappa shape index (κ2) is 5.39. The largest absolute Gasteiger partial charge is 0.475 e. The first-order valence-corrected chi connectivity index (χ1v) is 5.47. The molecule has 0 aliphatic rings. The molecule has 0 amide bonds. The Morgan fingerprint density at radius 1 is 1.40 bits per heavy atom. The van der Waals surface area contributed by atoms with Crippen molar-refractivity contribution in [3.05, 3.63) is 57.8 Å². The average Bonchev–Trinajstić information content (AvgIpc) is 2.86. The fourth-order valence-corrected chi connectivity index (χ4v) is 1.54. The van der Waals surface area contributed by atoms with Crippen LogP contribution in [0.3, 0.4) is 0 Å². The molecule has 0 bridgehead atoms. The van der Waals surface area contributed by atoms with Gasteiger partial charge < -0.3 is 14.8 Å². The number of nitro groups is 1. The van der Waals surface area contributed by atoms with Gasteiger partial charge in [-0.2, -0.15) is 4.39 Å². The molecule has 1 aromatic heterocycles. The minimum Gasteiger partial charge on any atom is -0.475 e. The fraction of sp³-hybridized carbons (Fsp3) is 0.0833. The minimum atomic E-state index is -1.19. The molecule has 1 heterocycles. The fourth-order valence-electron chi connectivity index (χ4n) is 1.54. The third-order valence-corrected chi connectivity index (χ3v) is 2.48. The number of halogens is 1. The van der Waals surface area contributed by atoms with E-state index in [1.807, 2.05) is 0 Å².